The van der Waals surface area contributed by atoms with Gasteiger partial charge in [0, 0.05) is 22.4 Å². The molecular weight excluding hydrogens is 855 g/mol. The second-order valence-corrected chi connectivity index (χ2v) is 22.7. The van der Waals surface area contributed by atoms with Crippen LogP contribution in [-0.2, 0) is 5.41 Å². The second kappa shape index (κ2) is 21.6. The molecule has 1 heteroatoms. The van der Waals surface area contributed by atoms with Gasteiger partial charge in [-0.2, -0.15) is 0 Å². The molecule has 0 bridgehead atoms. The third kappa shape index (κ3) is 9.85. The van der Waals surface area contributed by atoms with Crippen LogP contribution in [0.25, 0.3) is 33.4 Å². The zero-order valence-electron chi connectivity index (χ0n) is 43.4. The number of para-hydroxylation sites is 1. The monoisotopic (exact) mass is 934 g/mol. The van der Waals surface area contributed by atoms with Crippen LogP contribution in [0.1, 0.15) is 194 Å². The first kappa shape index (κ1) is 47.7. The van der Waals surface area contributed by atoms with Gasteiger partial charge < -0.3 is 4.90 Å². The highest BCUT2D eigenvalue weighted by Crippen LogP contribution is 2.55. The molecular formula is C70H79N. The predicted octanol–water partition coefficient (Wildman–Crippen LogP) is 20.8. The Morgan fingerprint density at radius 2 is 0.901 bits per heavy atom. The zero-order valence-corrected chi connectivity index (χ0v) is 43.4. The highest BCUT2D eigenvalue weighted by molar-refractivity contribution is 5.91. The molecule has 7 aromatic carbocycles. The fraction of sp³-hybridized carbons (Fsp3) is 0.400. The van der Waals surface area contributed by atoms with E-state index in [0.717, 1.165) is 11.8 Å². The smallest absolute Gasteiger partial charge is 0.0540 e. The summed E-state index contributed by atoms with van der Waals surface area (Å²) < 4.78 is 0. The lowest BCUT2D eigenvalue weighted by atomic mass is 9.73. The average molecular weight is 934 g/mol. The van der Waals surface area contributed by atoms with Crippen LogP contribution in [0, 0.1) is 11.8 Å². The minimum absolute atomic E-state index is 0.299. The number of rotatable bonds is 11. The van der Waals surface area contributed by atoms with E-state index in [4.69, 9.17) is 0 Å². The largest absolute Gasteiger partial charge is 0.310 e. The molecule has 0 radical (unpaired) electrons. The molecule has 364 valence electrons. The molecule has 3 fully saturated rings. The van der Waals surface area contributed by atoms with Gasteiger partial charge in [0.25, 0.3) is 0 Å². The molecule has 4 aliphatic rings. The molecule has 7 aromatic rings. The van der Waals surface area contributed by atoms with Crippen molar-refractivity contribution >= 4 is 17.1 Å². The van der Waals surface area contributed by atoms with E-state index in [-0.39, 0.29) is 5.41 Å². The van der Waals surface area contributed by atoms with Crippen molar-refractivity contribution in [3.05, 3.63) is 197 Å². The van der Waals surface area contributed by atoms with Crippen LogP contribution in [0.3, 0.4) is 0 Å². The molecule has 0 saturated heterocycles. The Kier molecular flexibility index (Phi) is 14.5. The van der Waals surface area contributed by atoms with E-state index in [9.17, 15) is 0 Å². The molecule has 0 spiro atoms. The zero-order chi connectivity index (χ0) is 48.2. The Hall–Kier alpha value is -5.66. The van der Waals surface area contributed by atoms with E-state index in [1.807, 2.05) is 0 Å². The van der Waals surface area contributed by atoms with Gasteiger partial charge in [-0.25, -0.2) is 0 Å². The lowest BCUT2D eigenvalue weighted by Gasteiger charge is -2.32. The summed E-state index contributed by atoms with van der Waals surface area (Å²) in [6, 6.07) is 64.0. The van der Waals surface area contributed by atoms with Crippen molar-refractivity contribution in [3.63, 3.8) is 0 Å². The van der Waals surface area contributed by atoms with Gasteiger partial charge in [0.1, 0.15) is 0 Å². The maximum absolute atomic E-state index is 2.69. The lowest BCUT2D eigenvalue weighted by Crippen LogP contribution is -2.23. The van der Waals surface area contributed by atoms with Gasteiger partial charge >= 0.3 is 0 Å². The maximum Gasteiger partial charge on any atom is 0.0540 e. The van der Waals surface area contributed by atoms with Crippen LogP contribution in [0.5, 0.6) is 0 Å². The first-order chi connectivity index (χ1) is 35.0. The average Bonchev–Trinajstić information content (AvgIpc) is 3.67. The number of anilines is 3. The second-order valence-electron chi connectivity index (χ2n) is 22.7. The topological polar surface area (TPSA) is 3.24 Å². The van der Waals surface area contributed by atoms with Crippen molar-refractivity contribution in [3.8, 4) is 33.4 Å². The van der Waals surface area contributed by atoms with Crippen molar-refractivity contribution in [1.29, 1.82) is 0 Å². The Labute approximate surface area is 428 Å². The molecule has 0 aliphatic heterocycles. The van der Waals surface area contributed by atoms with Gasteiger partial charge in [0.15, 0.2) is 0 Å². The van der Waals surface area contributed by atoms with E-state index < -0.39 is 0 Å². The van der Waals surface area contributed by atoms with Crippen LogP contribution in [-0.4, -0.2) is 0 Å². The first-order valence-corrected chi connectivity index (χ1v) is 28.5. The van der Waals surface area contributed by atoms with Crippen LogP contribution in [0.2, 0.25) is 0 Å². The number of hydrogen-bond donors (Lipinski definition) is 0. The van der Waals surface area contributed by atoms with Crippen molar-refractivity contribution in [1.82, 2.24) is 0 Å². The van der Waals surface area contributed by atoms with Gasteiger partial charge in [0.05, 0.1) is 5.69 Å². The Morgan fingerprint density at radius 3 is 1.52 bits per heavy atom. The van der Waals surface area contributed by atoms with Crippen LogP contribution >= 0.6 is 0 Å². The molecule has 1 nitrogen and oxygen atoms in total. The van der Waals surface area contributed by atoms with Gasteiger partial charge in [-0.1, -0.05) is 231 Å². The fourth-order valence-corrected chi connectivity index (χ4v) is 14.2. The van der Waals surface area contributed by atoms with E-state index in [1.165, 1.54) is 195 Å². The summed E-state index contributed by atoms with van der Waals surface area (Å²) in [6.45, 7) is 7.29. The summed E-state index contributed by atoms with van der Waals surface area (Å²) in [5.41, 5.74) is 20.0. The molecule has 4 aliphatic carbocycles. The van der Waals surface area contributed by atoms with E-state index in [2.05, 4.69) is 189 Å². The highest BCUT2D eigenvalue weighted by Gasteiger charge is 2.41. The summed E-state index contributed by atoms with van der Waals surface area (Å²) in [5.74, 6) is 3.83. The van der Waals surface area contributed by atoms with Crippen molar-refractivity contribution in [2.75, 3.05) is 4.90 Å². The quantitative estimate of drug-likeness (QED) is 0.125. The lowest BCUT2D eigenvalue weighted by molar-refractivity contribution is 0.347. The van der Waals surface area contributed by atoms with Crippen LogP contribution in [0.4, 0.5) is 17.1 Å². The molecule has 3 saturated carbocycles. The first-order valence-electron chi connectivity index (χ1n) is 28.5. The summed E-state index contributed by atoms with van der Waals surface area (Å²) >= 11 is 0. The third-order valence-electron chi connectivity index (χ3n) is 18.5. The molecule has 71 heavy (non-hydrogen) atoms. The van der Waals surface area contributed by atoms with Gasteiger partial charge in [0.2, 0.25) is 0 Å². The number of nitrogens with zero attached hydrogens (tertiary/aromatic N) is 1. The van der Waals surface area contributed by atoms with Crippen LogP contribution in [0.15, 0.2) is 164 Å². The minimum atomic E-state index is -0.299. The summed E-state index contributed by atoms with van der Waals surface area (Å²) in [5, 5.41) is 0. The standard InChI is InChI=1S/C70H79N/c1-4-50-20-16-28-53(29-17-21-50)58-46-59(54-30-18-22-51(5-2)23-19-31-54)48-60(47-58)56-38-42-62(43-39-56)71(69-35-15-13-32-64(69)57-26-10-7-11-27-57)63-44-45-66-65-33-12-14-34-67(65)70(3,68(66)49-63)61-40-36-55(37-41-61)52-24-8-6-9-25-52/h7,10-15,26-27,32-54H,4-6,8-9,16-25,28-31H2,1-3H3. The highest BCUT2D eigenvalue weighted by atomic mass is 15.1. The summed E-state index contributed by atoms with van der Waals surface area (Å²) in [4.78, 5) is 2.54. The minimum Gasteiger partial charge on any atom is -0.310 e. The van der Waals surface area contributed by atoms with Gasteiger partial charge in [-0.3, -0.25) is 0 Å². The van der Waals surface area contributed by atoms with E-state index in [0.29, 0.717) is 17.8 Å². The molecule has 0 amide bonds. The summed E-state index contributed by atoms with van der Waals surface area (Å²) in [6.07, 6.45) is 25.8. The predicted molar refractivity (Wildman–Crippen MR) is 304 cm³/mol. The molecule has 1 atom stereocenters. The van der Waals surface area contributed by atoms with Crippen molar-refractivity contribution in [2.24, 2.45) is 11.8 Å². The Balaban J connectivity index is 1.00. The molecule has 1 unspecified atom stereocenters. The van der Waals surface area contributed by atoms with Gasteiger partial charge in [-0.15, -0.1) is 0 Å². The molecule has 0 aromatic heterocycles. The third-order valence-corrected chi connectivity index (χ3v) is 18.5. The Morgan fingerprint density at radius 1 is 0.380 bits per heavy atom. The van der Waals surface area contributed by atoms with E-state index >= 15 is 0 Å². The van der Waals surface area contributed by atoms with E-state index in [1.54, 1.807) is 11.1 Å². The van der Waals surface area contributed by atoms with Crippen LogP contribution < -0.4 is 4.90 Å². The maximum atomic E-state index is 2.69. The van der Waals surface area contributed by atoms with Crippen molar-refractivity contribution < 1.29 is 0 Å². The normalized spacial score (nSPS) is 22.9. The molecule has 0 N–H and O–H groups in total. The number of benzene rings is 7. The Bertz CT molecular complexity index is 2800. The van der Waals surface area contributed by atoms with Crippen molar-refractivity contribution in [2.45, 2.75) is 166 Å². The van der Waals surface area contributed by atoms with Gasteiger partial charge in [-0.05, 0) is 167 Å². The SMILES string of the molecule is CCC1CCCC(c2cc(-c3ccc(N(c4ccc5c(c4)C(C)(c4ccc(C6CCCCC6)cc4)c4ccccc4-5)c4ccccc4-c4ccccc4)cc3)cc(C3CCCC(CC)CCC3)c2)CCC1. The number of hydrogen-bond acceptors (Lipinski definition) is 1. The fourth-order valence-electron chi connectivity index (χ4n) is 14.2. The molecule has 11 rings (SSSR count). The summed E-state index contributed by atoms with van der Waals surface area (Å²) in [7, 11) is 0. The molecule has 0 heterocycles. The number of fused-ring (bicyclic) bond motifs is 3.